The van der Waals surface area contributed by atoms with Crippen LogP contribution in [0.3, 0.4) is 0 Å². The van der Waals surface area contributed by atoms with Gasteiger partial charge in [-0.15, -0.1) is 11.3 Å². The summed E-state index contributed by atoms with van der Waals surface area (Å²) >= 11 is 1.26. The van der Waals surface area contributed by atoms with Gasteiger partial charge in [0.05, 0.1) is 12.1 Å². The Morgan fingerprint density at radius 1 is 1.00 bits per heavy atom. The van der Waals surface area contributed by atoms with E-state index in [1.165, 1.54) is 11.3 Å². The molecule has 32 heavy (non-hydrogen) atoms. The number of hydrogen-bond donors (Lipinski definition) is 3. The molecular formula is C24H24N4O3S. The standard InChI is InChI=1S/C24H24N4O3S/c29-21(14-19-15-32-24(26-19)28-22(30)17-9-5-2-6-10-17)27-20(23(31)25-18-11-12-18)13-16-7-3-1-4-8-16/h1-10,15,18,20H,11-14H2,(H,25,31)(H,27,29)(H,26,28,30). The zero-order valence-electron chi connectivity index (χ0n) is 17.4. The van der Waals surface area contributed by atoms with Gasteiger partial charge in [-0.25, -0.2) is 4.98 Å². The lowest BCUT2D eigenvalue weighted by atomic mass is 10.0. The van der Waals surface area contributed by atoms with E-state index in [9.17, 15) is 14.4 Å². The summed E-state index contributed by atoms with van der Waals surface area (Å²) in [5.41, 5.74) is 2.05. The van der Waals surface area contributed by atoms with Crippen molar-refractivity contribution in [3.63, 3.8) is 0 Å². The molecule has 1 saturated carbocycles. The van der Waals surface area contributed by atoms with Crippen molar-refractivity contribution in [3.05, 3.63) is 82.9 Å². The predicted molar refractivity (Wildman–Crippen MR) is 123 cm³/mol. The number of thiazole rings is 1. The minimum Gasteiger partial charge on any atom is -0.352 e. The monoisotopic (exact) mass is 448 g/mol. The fourth-order valence-electron chi connectivity index (χ4n) is 3.20. The number of amides is 3. The van der Waals surface area contributed by atoms with Gasteiger partial charge >= 0.3 is 0 Å². The van der Waals surface area contributed by atoms with Gasteiger partial charge in [0.1, 0.15) is 6.04 Å². The van der Waals surface area contributed by atoms with Gasteiger partial charge in [0.25, 0.3) is 5.91 Å². The van der Waals surface area contributed by atoms with E-state index >= 15 is 0 Å². The Labute approximate surface area is 190 Å². The van der Waals surface area contributed by atoms with E-state index < -0.39 is 6.04 Å². The zero-order valence-corrected chi connectivity index (χ0v) is 18.2. The smallest absolute Gasteiger partial charge is 0.257 e. The van der Waals surface area contributed by atoms with Crippen LogP contribution in [0.1, 0.15) is 34.5 Å². The molecule has 0 spiro atoms. The number of anilines is 1. The van der Waals surface area contributed by atoms with E-state index in [0.29, 0.717) is 22.8 Å². The molecule has 7 nitrogen and oxygen atoms in total. The molecule has 1 aromatic heterocycles. The van der Waals surface area contributed by atoms with Crippen molar-refractivity contribution in [2.24, 2.45) is 0 Å². The number of carbonyl (C=O) groups excluding carboxylic acids is 3. The number of rotatable bonds is 9. The highest BCUT2D eigenvalue weighted by Gasteiger charge is 2.28. The van der Waals surface area contributed by atoms with Gasteiger partial charge in [0.2, 0.25) is 11.8 Å². The normalized spacial score (nSPS) is 13.8. The van der Waals surface area contributed by atoms with Crippen LogP contribution >= 0.6 is 11.3 Å². The predicted octanol–water partition coefficient (Wildman–Crippen LogP) is 2.94. The summed E-state index contributed by atoms with van der Waals surface area (Å²) < 4.78 is 0. The van der Waals surface area contributed by atoms with E-state index in [4.69, 9.17) is 0 Å². The third-order valence-corrected chi connectivity index (χ3v) is 5.81. The lowest BCUT2D eigenvalue weighted by Crippen LogP contribution is -2.49. The van der Waals surface area contributed by atoms with E-state index in [0.717, 1.165) is 18.4 Å². The van der Waals surface area contributed by atoms with Gasteiger partial charge in [-0.1, -0.05) is 48.5 Å². The second-order valence-corrected chi connectivity index (χ2v) is 8.59. The Kier molecular flexibility index (Phi) is 6.91. The molecule has 3 N–H and O–H groups in total. The van der Waals surface area contributed by atoms with Gasteiger partial charge in [-0.2, -0.15) is 0 Å². The number of hydrogen-bond acceptors (Lipinski definition) is 5. The molecule has 164 valence electrons. The maximum atomic E-state index is 12.7. The molecule has 3 amide bonds. The molecule has 1 atom stereocenters. The number of benzene rings is 2. The lowest BCUT2D eigenvalue weighted by Gasteiger charge is -2.18. The molecule has 0 saturated heterocycles. The summed E-state index contributed by atoms with van der Waals surface area (Å²) in [4.78, 5) is 41.9. The first-order valence-electron chi connectivity index (χ1n) is 10.5. The number of nitrogens with one attached hydrogen (secondary N) is 3. The third kappa shape index (κ3) is 6.24. The molecule has 1 heterocycles. The van der Waals surface area contributed by atoms with Gasteiger partial charge < -0.3 is 10.6 Å². The van der Waals surface area contributed by atoms with Crippen LogP contribution in [-0.4, -0.2) is 34.8 Å². The highest BCUT2D eigenvalue weighted by atomic mass is 32.1. The average Bonchev–Trinajstić information content (AvgIpc) is 3.51. The molecule has 1 fully saturated rings. The topological polar surface area (TPSA) is 100 Å². The molecule has 4 rings (SSSR count). The van der Waals surface area contributed by atoms with Crippen LogP contribution in [0.25, 0.3) is 0 Å². The van der Waals surface area contributed by atoms with Crippen LogP contribution in [0.4, 0.5) is 5.13 Å². The maximum Gasteiger partial charge on any atom is 0.257 e. The van der Waals surface area contributed by atoms with Crippen LogP contribution in [0.5, 0.6) is 0 Å². The summed E-state index contributed by atoms with van der Waals surface area (Å²) in [6, 6.07) is 18.0. The van der Waals surface area contributed by atoms with Gasteiger partial charge in [-0.3, -0.25) is 19.7 Å². The first kappa shape index (κ1) is 21.7. The molecular weight excluding hydrogens is 424 g/mol. The Morgan fingerprint density at radius 3 is 2.38 bits per heavy atom. The maximum absolute atomic E-state index is 12.7. The molecule has 1 unspecified atom stereocenters. The summed E-state index contributed by atoms with van der Waals surface area (Å²) in [5.74, 6) is -0.711. The number of carbonyl (C=O) groups is 3. The second-order valence-electron chi connectivity index (χ2n) is 7.73. The van der Waals surface area contributed by atoms with Gasteiger partial charge in [0.15, 0.2) is 5.13 Å². The van der Waals surface area contributed by atoms with E-state index in [1.54, 1.807) is 29.6 Å². The minimum atomic E-state index is -0.651. The van der Waals surface area contributed by atoms with Crippen molar-refractivity contribution in [1.29, 1.82) is 0 Å². The van der Waals surface area contributed by atoms with Crippen molar-refractivity contribution in [2.45, 2.75) is 37.8 Å². The highest BCUT2D eigenvalue weighted by molar-refractivity contribution is 7.14. The number of nitrogens with zero attached hydrogens (tertiary/aromatic N) is 1. The lowest BCUT2D eigenvalue weighted by molar-refractivity contribution is -0.128. The Hall–Kier alpha value is -3.52. The molecule has 0 radical (unpaired) electrons. The molecule has 2 aromatic carbocycles. The molecule has 0 bridgehead atoms. The summed E-state index contributed by atoms with van der Waals surface area (Å²) in [6.07, 6.45) is 2.41. The summed E-state index contributed by atoms with van der Waals surface area (Å²) in [7, 11) is 0. The summed E-state index contributed by atoms with van der Waals surface area (Å²) in [5, 5.41) is 10.7. The second kappa shape index (κ2) is 10.2. The Bertz CT molecular complexity index is 1080. The Balaban J connectivity index is 1.35. The van der Waals surface area contributed by atoms with Crippen LogP contribution in [0.15, 0.2) is 66.0 Å². The van der Waals surface area contributed by atoms with Crippen LogP contribution in [0.2, 0.25) is 0 Å². The third-order valence-electron chi connectivity index (χ3n) is 5.01. The molecule has 8 heteroatoms. The number of aromatic nitrogens is 1. The average molecular weight is 449 g/mol. The van der Waals surface area contributed by atoms with Crippen molar-refractivity contribution >= 4 is 34.2 Å². The van der Waals surface area contributed by atoms with Crippen molar-refractivity contribution < 1.29 is 14.4 Å². The van der Waals surface area contributed by atoms with Crippen molar-refractivity contribution in [3.8, 4) is 0 Å². The van der Waals surface area contributed by atoms with Crippen molar-refractivity contribution in [1.82, 2.24) is 15.6 Å². The molecule has 0 aliphatic heterocycles. The van der Waals surface area contributed by atoms with E-state index in [-0.39, 0.29) is 30.2 Å². The van der Waals surface area contributed by atoms with E-state index in [1.807, 2.05) is 36.4 Å². The fraction of sp³-hybridized carbons (Fsp3) is 0.250. The molecule has 1 aliphatic carbocycles. The molecule has 1 aliphatic rings. The minimum absolute atomic E-state index is 0.0275. The van der Waals surface area contributed by atoms with Crippen LogP contribution in [0, 0.1) is 0 Å². The SMILES string of the molecule is O=C(Cc1csc(NC(=O)c2ccccc2)n1)NC(Cc1ccccc1)C(=O)NC1CC1. The first-order valence-corrected chi connectivity index (χ1v) is 11.4. The largest absolute Gasteiger partial charge is 0.352 e. The Morgan fingerprint density at radius 2 is 1.69 bits per heavy atom. The highest BCUT2D eigenvalue weighted by Crippen LogP contribution is 2.19. The van der Waals surface area contributed by atoms with Gasteiger partial charge in [0, 0.05) is 23.4 Å². The van der Waals surface area contributed by atoms with Gasteiger partial charge in [-0.05, 0) is 30.5 Å². The molecule has 3 aromatic rings. The summed E-state index contributed by atoms with van der Waals surface area (Å²) in [6.45, 7) is 0. The van der Waals surface area contributed by atoms with Crippen LogP contribution < -0.4 is 16.0 Å². The first-order chi connectivity index (χ1) is 15.6. The van der Waals surface area contributed by atoms with E-state index in [2.05, 4.69) is 20.9 Å². The quantitative estimate of drug-likeness (QED) is 0.469. The fourth-order valence-corrected chi connectivity index (χ4v) is 3.91. The zero-order chi connectivity index (χ0) is 22.3. The van der Waals surface area contributed by atoms with Crippen LogP contribution in [-0.2, 0) is 22.4 Å². The van der Waals surface area contributed by atoms with Crippen molar-refractivity contribution in [2.75, 3.05) is 5.32 Å².